The highest BCUT2D eigenvalue weighted by atomic mass is 19.1. The van der Waals surface area contributed by atoms with Gasteiger partial charge in [-0.2, -0.15) is 5.10 Å². The monoisotopic (exact) mass is 391 g/mol. The van der Waals surface area contributed by atoms with Crippen molar-refractivity contribution in [2.75, 3.05) is 5.32 Å². The van der Waals surface area contributed by atoms with Crippen molar-refractivity contribution in [2.45, 2.75) is 26.7 Å². The lowest BCUT2D eigenvalue weighted by Gasteiger charge is -2.12. The number of carbonyl (C=O) groups excluding carboxylic acids is 1. The second-order valence-corrected chi connectivity index (χ2v) is 6.96. The molecule has 0 aliphatic heterocycles. The van der Waals surface area contributed by atoms with E-state index in [4.69, 9.17) is 4.98 Å². The zero-order valence-electron chi connectivity index (χ0n) is 16.3. The number of carbonyl (C=O) groups is 1. The minimum atomic E-state index is -0.296. The molecule has 2 heterocycles. The van der Waals surface area contributed by atoms with E-state index in [0.29, 0.717) is 17.2 Å². The first-order chi connectivity index (χ1) is 14.1. The van der Waals surface area contributed by atoms with E-state index in [1.54, 1.807) is 12.3 Å². The van der Waals surface area contributed by atoms with Crippen molar-refractivity contribution in [1.29, 1.82) is 0 Å². The third-order valence-electron chi connectivity index (χ3n) is 5.14. The fourth-order valence-corrected chi connectivity index (χ4v) is 3.50. The number of fused-ring (bicyclic) bond motifs is 1. The summed E-state index contributed by atoms with van der Waals surface area (Å²) >= 11 is 0. The molecule has 2 aromatic carbocycles. The Bertz CT molecular complexity index is 1160. The van der Waals surface area contributed by atoms with Crippen LogP contribution in [-0.4, -0.2) is 26.1 Å². The van der Waals surface area contributed by atoms with Crippen molar-refractivity contribution in [1.82, 2.24) is 20.2 Å². The zero-order chi connectivity index (χ0) is 20.4. The van der Waals surface area contributed by atoms with Crippen LogP contribution in [0.15, 0.2) is 48.7 Å². The van der Waals surface area contributed by atoms with Gasteiger partial charge in [-0.25, -0.2) is 9.37 Å². The lowest BCUT2D eigenvalue weighted by Crippen LogP contribution is -2.21. The summed E-state index contributed by atoms with van der Waals surface area (Å²) in [5.41, 5.74) is 4.29. The molecule has 0 aliphatic carbocycles. The zero-order valence-corrected chi connectivity index (χ0v) is 16.3. The van der Waals surface area contributed by atoms with Crippen molar-refractivity contribution in [2.24, 2.45) is 5.92 Å². The van der Waals surface area contributed by atoms with Crippen LogP contribution in [0.5, 0.6) is 0 Å². The van der Waals surface area contributed by atoms with Gasteiger partial charge in [0.2, 0.25) is 5.91 Å². The van der Waals surface area contributed by atoms with Crippen molar-refractivity contribution >= 4 is 22.6 Å². The molecular formula is C22H22FN5O. The first kappa shape index (κ1) is 18.9. The molecule has 0 fully saturated rings. The normalized spacial score (nSPS) is 11.3. The quantitative estimate of drug-likeness (QED) is 0.426. The lowest BCUT2D eigenvalue weighted by atomic mass is 10.0. The van der Waals surface area contributed by atoms with Gasteiger partial charge in [-0.15, -0.1) is 0 Å². The predicted octanol–water partition coefficient (Wildman–Crippen LogP) is 5.13. The van der Waals surface area contributed by atoms with Crippen molar-refractivity contribution in [3.63, 3.8) is 0 Å². The highest BCUT2D eigenvalue weighted by Crippen LogP contribution is 2.31. The van der Waals surface area contributed by atoms with E-state index in [0.717, 1.165) is 35.0 Å². The predicted molar refractivity (Wildman–Crippen MR) is 112 cm³/mol. The number of H-pyrrole nitrogens is 2. The first-order valence-electron chi connectivity index (χ1n) is 9.70. The number of benzene rings is 2. The van der Waals surface area contributed by atoms with Crippen LogP contribution in [0.1, 0.15) is 26.7 Å². The molecule has 2 aromatic heterocycles. The average Bonchev–Trinajstić information content (AvgIpc) is 3.35. The Kier molecular flexibility index (Phi) is 5.12. The van der Waals surface area contributed by atoms with Gasteiger partial charge >= 0.3 is 0 Å². The molecule has 4 rings (SSSR count). The topological polar surface area (TPSA) is 86.5 Å². The number of anilines is 1. The molecule has 0 bridgehead atoms. The van der Waals surface area contributed by atoms with Gasteiger partial charge in [-0.3, -0.25) is 9.89 Å². The summed E-state index contributed by atoms with van der Waals surface area (Å²) in [6.07, 6.45) is 3.13. The van der Waals surface area contributed by atoms with E-state index in [2.05, 4.69) is 20.5 Å². The van der Waals surface area contributed by atoms with Crippen LogP contribution >= 0.6 is 0 Å². The van der Waals surface area contributed by atoms with Crippen LogP contribution in [0.2, 0.25) is 0 Å². The van der Waals surface area contributed by atoms with Gasteiger partial charge in [0.25, 0.3) is 0 Å². The molecule has 0 aliphatic rings. The Hall–Kier alpha value is -3.48. The maximum Gasteiger partial charge on any atom is 0.227 e. The number of aromatic amines is 2. The molecule has 29 heavy (non-hydrogen) atoms. The number of aromatic nitrogens is 4. The van der Waals surface area contributed by atoms with Crippen molar-refractivity contribution < 1.29 is 9.18 Å². The largest absolute Gasteiger partial charge is 0.337 e. The molecule has 0 radical (unpaired) electrons. The SMILES string of the molecule is CCC(CC)C(=O)Nc1cn[nH]c1-c1nc2c(-c3cccc(F)c3)cccc2[nH]1. The first-order valence-corrected chi connectivity index (χ1v) is 9.70. The molecule has 4 aromatic rings. The van der Waals surface area contributed by atoms with Crippen LogP contribution in [0.3, 0.4) is 0 Å². The maximum absolute atomic E-state index is 13.7. The average molecular weight is 391 g/mol. The van der Waals surface area contributed by atoms with Gasteiger partial charge < -0.3 is 10.3 Å². The van der Waals surface area contributed by atoms with Crippen LogP contribution in [0, 0.1) is 11.7 Å². The summed E-state index contributed by atoms with van der Waals surface area (Å²) in [6.45, 7) is 3.99. The Morgan fingerprint density at radius 1 is 1.17 bits per heavy atom. The van der Waals surface area contributed by atoms with E-state index < -0.39 is 0 Å². The smallest absolute Gasteiger partial charge is 0.227 e. The summed E-state index contributed by atoms with van der Waals surface area (Å²) in [5.74, 6) is 0.179. The number of rotatable bonds is 6. The third kappa shape index (κ3) is 3.63. The summed E-state index contributed by atoms with van der Waals surface area (Å²) < 4.78 is 13.7. The highest BCUT2D eigenvalue weighted by Gasteiger charge is 2.19. The molecule has 0 unspecified atom stereocenters. The summed E-state index contributed by atoms with van der Waals surface area (Å²) in [6, 6.07) is 12.1. The molecule has 0 saturated carbocycles. The number of nitrogens with zero attached hydrogens (tertiary/aromatic N) is 2. The standard InChI is InChI=1S/C22H22FN5O/c1-3-13(4-2)22(29)26-18-12-24-28-20(18)21-25-17-10-6-9-16(19(17)27-21)14-7-5-8-15(23)11-14/h5-13H,3-4H2,1-2H3,(H,24,28)(H,25,27)(H,26,29). The van der Waals surface area contributed by atoms with E-state index in [-0.39, 0.29) is 17.6 Å². The molecule has 7 heteroatoms. The second-order valence-electron chi connectivity index (χ2n) is 6.96. The Labute approximate surface area is 167 Å². The molecule has 0 atom stereocenters. The fourth-order valence-electron chi connectivity index (χ4n) is 3.50. The third-order valence-corrected chi connectivity index (χ3v) is 5.14. The molecule has 3 N–H and O–H groups in total. The van der Waals surface area contributed by atoms with E-state index in [1.165, 1.54) is 12.1 Å². The van der Waals surface area contributed by atoms with Crippen LogP contribution in [0.25, 0.3) is 33.7 Å². The second kappa shape index (κ2) is 7.87. The maximum atomic E-state index is 13.7. The van der Waals surface area contributed by atoms with Gasteiger partial charge in [0.05, 0.1) is 22.9 Å². The number of nitrogens with one attached hydrogen (secondary N) is 3. The van der Waals surface area contributed by atoms with E-state index in [1.807, 2.05) is 38.1 Å². The molecule has 1 amide bonds. The molecule has 6 nitrogen and oxygen atoms in total. The number of hydrogen-bond donors (Lipinski definition) is 3. The Morgan fingerprint density at radius 3 is 2.72 bits per heavy atom. The van der Waals surface area contributed by atoms with Crippen LogP contribution in [-0.2, 0) is 4.79 Å². The van der Waals surface area contributed by atoms with Crippen molar-refractivity contribution in [3.05, 3.63) is 54.5 Å². The van der Waals surface area contributed by atoms with Gasteiger partial charge in [0, 0.05) is 11.5 Å². The van der Waals surface area contributed by atoms with Gasteiger partial charge in [-0.05, 0) is 36.6 Å². The summed E-state index contributed by atoms with van der Waals surface area (Å²) in [4.78, 5) is 20.5. The molecular weight excluding hydrogens is 369 g/mol. The number of imidazole rings is 1. The Balaban J connectivity index is 1.73. The minimum Gasteiger partial charge on any atom is -0.337 e. The van der Waals surface area contributed by atoms with Gasteiger partial charge in [0.15, 0.2) is 5.82 Å². The van der Waals surface area contributed by atoms with E-state index in [9.17, 15) is 9.18 Å². The Morgan fingerprint density at radius 2 is 1.97 bits per heavy atom. The van der Waals surface area contributed by atoms with Gasteiger partial charge in [0.1, 0.15) is 11.5 Å². The lowest BCUT2D eigenvalue weighted by molar-refractivity contribution is -0.120. The highest BCUT2D eigenvalue weighted by molar-refractivity contribution is 5.97. The summed E-state index contributed by atoms with van der Waals surface area (Å²) in [7, 11) is 0. The molecule has 0 spiro atoms. The number of para-hydroxylation sites is 1. The minimum absolute atomic E-state index is 0.0331. The van der Waals surface area contributed by atoms with Crippen LogP contribution < -0.4 is 5.32 Å². The van der Waals surface area contributed by atoms with Gasteiger partial charge in [-0.1, -0.05) is 38.1 Å². The van der Waals surface area contributed by atoms with Crippen LogP contribution in [0.4, 0.5) is 10.1 Å². The van der Waals surface area contributed by atoms with Crippen molar-refractivity contribution in [3.8, 4) is 22.6 Å². The summed E-state index contributed by atoms with van der Waals surface area (Å²) in [5, 5.41) is 9.94. The molecule has 148 valence electrons. The number of amides is 1. The number of hydrogen-bond acceptors (Lipinski definition) is 3. The molecule has 0 saturated heterocycles. The fraction of sp³-hybridized carbons (Fsp3) is 0.227. The van der Waals surface area contributed by atoms with E-state index >= 15 is 0 Å². The number of halogens is 1.